The lowest BCUT2D eigenvalue weighted by atomic mass is 9.78. The zero-order valence-corrected chi connectivity index (χ0v) is 20.7. The van der Waals surface area contributed by atoms with Crippen LogP contribution in [0.15, 0.2) is 48.1 Å². The molecule has 0 radical (unpaired) electrons. The molecule has 3 rings (SSSR count). The van der Waals surface area contributed by atoms with E-state index in [2.05, 4.69) is 90.8 Å². The third-order valence-electron chi connectivity index (χ3n) is 6.74. The molecule has 1 heterocycles. The molecular formula is C26H36INO2. The summed E-state index contributed by atoms with van der Waals surface area (Å²) in [5.41, 5.74) is 2.74. The monoisotopic (exact) mass is 521 g/mol. The van der Waals surface area contributed by atoms with Crippen molar-refractivity contribution in [3.8, 4) is 0 Å². The second-order valence-electron chi connectivity index (χ2n) is 9.54. The standard InChI is InChI=1S/C26H36INO2/c1-18(2)4-13-24(21-9-11-23(27)12-10-21)28-15-14-20(17-26(29)30)16-25(28)22-7-5-19(3)6-8-22/h5-7,9-12,18,20,22,24-25H,4,8,13-17H2,1-3H3,(H,29,30)/t20-,22?,24-,25+/m0/s1. The third kappa shape index (κ3) is 6.43. The van der Waals surface area contributed by atoms with Crippen molar-refractivity contribution in [2.45, 2.75) is 71.4 Å². The number of nitrogens with zero attached hydrogens (tertiary/aromatic N) is 1. The van der Waals surface area contributed by atoms with Crippen LogP contribution in [-0.2, 0) is 4.79 Å². The Morgan fingerprint density at radius 3 is 2.57 bits per heavy atom. The number of likely N-dealkylation sites (tertiary alicyclic amines) is 1. The van der Waals surface area contributed by atoms with Crippen molar-refractivity contribution in [3.05, 3.63) is 57.2 Å². The minimum absolute atomic E-state index is 0.284. The van der Waals surface area contributed by atoms with Gasteiger partial charge in [0.25, 0.3) is 0 Å². The molecule has 1 aromatic rings. The van der Waals surface area contributed by atoms with Crippen LogP contribution in [0.2, 0.25) is 0 Å². The Balaban J connectivity index is 1.88. The number of halogens is 1. The molecule has 4 atom stereocenters. The van der Waals surface area contributed by atoms with Crippen LogP contribution >= 0.6 is 22.6 Å². The summed E-state index contributed by atoms with van der Waals surface area (Å²) in [4.78, 5) is 14.1. The lowest BCUT2D eigenvalue weighted by Crippen LogP contribution is -2.48. The Labute approximate surface area is 195 Å². The molecule has 0 amide bonds. The highest BCUT2D eigenvalue weighted by Gasteiger charge is 2.37. The summed E-state index contributed by atoms with van der Waals surface area (Å²) >= 11 is 2.38. The molecule has 0 bridgehead atoms. The quantitative estimate of drug-likeness (QED) is 0.381. The first-order valence-corrected chi connectivity index (χ1v) is 12.5. The number of benzene rings is 1. The summed E-state index contributed by atoms with van der Waals surface area (Å²) in [5, 5.41) is 9.38. The molecular weight excluding hydrogens is 485 g/mol. The zero-order chi connectivity index (χ0) is 21.7. The van der Waals surface area contributed by atoms with Crippen molar-refractivity contribution in [1.82, 2.24) is 4.90 Å². The summed E-state index contributed by atoms with van der Waals surface area (Å²) in [7, 11) is 0. The van der Waals surface area contributed by atoms with Crippen LogP contribution in [0.25, 0.3) is 0 Å². The highest BCUT2D eigenvalue weighted by atomic mass is 127. The van der Waals surface area contributed by atoms with Crippen molar-refractivity contribution in [2.75, 3.05) is 6.54 Å². The van der Waals surface area contributed by atoms with Gasteiger partial charge in [-0.1, -0.05) is 49.8 Å². The Kier molecular flexibility index (Phi) is 8.58. The zero-order valence-electron chi connectivity index (χ0n) is 18.6. The molecule has 164 valence electrons. The fourth-order valence-electron chi connectivity index (χ4n) is 5.06. The number of allylic oxidation sites excluding steroid dienone is 3. The number of carbonyl (C=O) groups is 1. The number of carboxylic acid groups (broad SMARTS) is 1. The molecule has 0 aromatic heterocycles. The number of hydrogen-bond donors (Lipinski definition) is 1. The van der Waals surface area contributed by atoms with Gasteiger partial charge in [0, 0.05) is 22.1 Å². The molecule has 1 aromatic carbocycles. The normalized spacial score (nSPS) is 25.9. The van der Waals surface area contributed by atoms with Gasteiger partial charge in [-0.2, -0.15) is 0 Å². The summed E-state index contributed by atoms with van der Waals surface area (Å²) < 4.78 is 1.27. The fraction of sp³-hybridized carbons (Fsp3) is 0.577. The number of aliphatic carboxylic acids is 1. The van der Waals surface area contributed by atoms with Crippen molar-refractivity contribution in [2.24, 2.45) is 17.8 Å². The number of carboxylic acids is 1. The molecule has 1 aliphatic carbocycles. The summed E-state index contributed by atoms with van der Waals surface area (Å²) in [6.45, 7) is 7.76. The Morgan fingerprint density at radius 2 is 1.97 bits per heavy atom. The molecule has 4 heteroatoms. The maximum Gasteiger partial charge on any atom is 0.303 e. The van der Waals surface area contributed by atoms with Crippen molar-refractivity contribution < 1.29 is 9.90 Å². The van der Waals surface area contributed by atoms with Gasteiger partial charge in [0.1, 0.15) is 0 Å². The fourth-order valence-corrected chi connectivity index (χ4v) is 5.42. The van der Waals surface area contributed by atoms with Crippen LogP contribution in [0.5, 0.6) is 0 Å². The van der Waals surface area contributed by atoms with Gasteiger partial charge in [-0.05, 0) is 104 Å². The van der Waals surface area contributed by atoms with E-state index in [4.69, 9.17) is 0 Å². The largest absolute Gasteiger partial charge is 0.481 e. The van der Waals surface area contributed by atoms with E-state index in [1.165, 1.54) is 21.1 Å². The van der Waals surface area contributed by atoms with E-state index in [-0.39, 0.29) is 5.92 Å². The van der Waals surface area contributed by atoms with Gasteiger partial charge < -0.3 is 5.11 Å². The summed E-state index contributed by atoms with van der Waals surface area (Å²) in [6, 6.07) is 9.84. The van der Waals surface area contributed by atoms with Crippen LogP contribution < -0.4 is 0 Å². The van der Waals surface area contributed by atoms with Crippen LogP contribution in [0.3, 0.4) is 0 Å². The third-order valence-corrected chi connectivity index (χ3v) is 7.46. The van der Waals surface area contributed by atoms with Gasteiger partial charge in [0.15, 0.2) is 0 Å². The molecule has 0 spiro atoms. The van der Waals surface area contributed by atoms with E-state index in [0.717, 1.165) is 32.2 Å². The molecule has 1 unspecified atom stereocenters. The minimum Gasteiger partial charge on any atom is -0.481 e. The average Bonchev–Trinajstić information content (AvgIpc) is 2.70. The minimum atomic E-state index is -0.656. The van der Waals surface area contributed by atoms with Crippen LogP contribution in [0.1, 0.15) is 70.9 Å². The predicted molar refractivity (Wildman–Crippen MR) is 132 cm³/mol. The maximum absolute atomic E-state index is 11.4. The highest BCUT2D eigenvalue weighted by Crippen LogP contribution is 2.40. The SMILES string of the molecule is CC1=CCC([C@H]2C[C@@H](CC(=O)O)CCN2[C@@H](CCC(C)C)c2ccc(I)cc2)C=C1. The molecule has 1 fully saturated rings. The molecule has 1 aliphatic heterocycles. The average molecular weight is 521 g/mol. The van der Waals surface area contributed by atoms with Gasteiger partial charge in [0.2, 0.25) is 0 Å². The van der Waals surface area contributed by atoms with E-state index < -0.39 is 5.97 Å². The maximum atomic E-state index is 11.4. The topological polar surface area (TPSA) is 40.5 Å². The van der Waals surface area contributed by atoms with E-state index in [9.17, 15) is 9.90 Å². The molecule has 0 saturated carbocycles. The smallest absolute Gasteiger partial charge is 0.303 e. The first-order valence-electron chi connectivity index (χ1n) is 11.4. The van der Waals surface area contributed by atoms with Crippen LogP contribution in [-0.4, -0.2) is 28.6 Å². The number of rotatable bonds is 8. The van der Waals surface area contributed by atoms with Gasteiger partial charge >= 0.3 is 5.97 Å². The van der Waals surface area contributed by atoms with Gasteiger partial charge in [-0.3, -0.25) is 9.69 Å². The molecule has 3 nitrogen and oxygen atoms in total. The lowest BCUT2D eigenvalue weighted by Gasteiger charge is -2.47. The van der Waals surface area contributed by atoms with Crippen LogP contribution in [0.4, 0.5) is 0 Å². The molecule has 1 N–H and O–H groups in total. The lowest BCUT2D eigenvalue weighted by molar-refractivity contribution is -0.138. The van der Waals surface area contributed by atoms with Crippen LogP contribution in [0, 0.1) is 21.3 Å². The first-order chi connectivity index (χ1) is 14.3. The summed E-state index contributed by atoms with van der Waals surface area (Å²) in [5.74, 6) is 0.776. The molecule has 2 aliphatic rings. The van der Waals surface area contributed by atoms with Gasteiger partial charge in [-0.15, -0.1) is 0 Å². The summed E-state index contributed by atoms with van der Waals surface area (Å²) in [6.07, 6.45) is 12.7. The Morgan fingerprint density at radius 1 is 1.23 bits per heavy atom. The van der Waals surface area contributed by atoms with Crippen molar-refractivity contribution in [3.63, 3.8) is 0 Å². The second-order valence-corrected chi connectivity index (χ2v) is 10.8. The predicted octanol–water partition coefficient (Wildman–Crippen LogP) is 6.85. The molecule has 30 heavy (non-hydrogen) atoms. The first kappa shape index (κ1) is 23.5. The molecule has 1 saturated heterocycles. The van der Waals surface area contributed by atoms with Gasteiger partial charge in [-0.25, -0.2) is 0 Å². The van der Waals surface area contributed by atoms with E-state index >= 15 is 0 Å². The van der Waals surface area contributed by atoms with Crippen molar-refractivity contribution in [1.29, 1.82) is 0 Å². The second kappa shape index (κ2) is 10.9. The number of piperidine rings is 1. The van der Waals surface area contributed by atoms with E-state index in [1.54, 1.807) is 0 Å². The number of hydrogen-bond acceptors (Lipinski definition) is 2. The Hall–Kier alpha value is -1.14. The van der Waals surface area contributed by atoms with Crippen molar-refractivity contribution >= 4 is 28.6 Å². The Bertz CT molecular complexity index is 768. The van der Waals surface area contributed by atoms with E-state index in [0.29, 0.717) is 30.3 Å². The highest BCUT2D eigenvalue weighted by molar-refractivity contribution is 14.1. The van der Waals surface area contributed by atoms with Gasteiger partial charge in [0.05, 0.1) is 0 Å². The van der Waals surface area contributed by atoms with E-state index in [1.807, 2.05) is 0 Å².